The molecule has 0 aliphatic carbocycles. The lowest BCUT2D eigenvalue weighted by Crippen LogP contribution is -2.26. The average Bonchev–Trinajstić information content (AvgIpc) is 2.25. The van der Waals surface area contributed by atoms with Crippen LogP contribution in [-0.2, 0) is 10.8 Å². The monoisotopic (exact) mass is 249 g/mol. The van der Waals surface area contributed by atoms with Crippen LogP contribution in [0.4, 0.5) is 0 Å². The van der Waals surface area contributed by atoms with Gasteiger partial charge in [0.05, 0.1) is 5.69 Å². The summed E-state index contributed by atoms with van der Waals surface area (Å²) in [5, 5.41) is 0. The summed E-state index contributed by atoms with van der Waals surface area (Å²) in [6, 6.07) is 2.10. The van der Waals surface area contributed by atoms with Crippen molar-refractivity contribution in [2.45, 2.75) is 52.4 Å². The zero-order chi connectivity index (χ0) is 13.6. The second-order valence-corrected chi connectivity index (χ2v) is 6.88. The smallest absolute Gasteiger partial charge is 0.257 e. The van der Waals surface area contributed by atoms with Crippen molar-refractivity contribution in [3.63, 3.8) is 0 Å². The third-order valence-electron chi connectivity index (χ3n) is 3.05. The molecular weight excluding hydrogens is 226 g/mol. The highest BCUT2D eigenvalue weighted by molar-refractivity contribution is 5.45. The summed E-state index contributed by atoms with van der Waals surface area (Å²) in [7, 11) is 0. The van der Waals surface area contributed by atoms with Gasteiger partial charge in [0, 0.05) is 5.41 Å². The van der Waals surface area contributed by atoms with E-state index in [1.54, 1.807) is 0 Å². The van der Waals surface area contributed by atoms with E-state index in [-0.39, 0.29) is 10.8 Å². The highest BCUT2D eigenvalue weighted by atomic mass is 16.6. The van der Waals surface area contributed by atoms with Crippen LogP contribution in [0.5, 0.6) is 11.6 Å². The van der Waals surface area contributed by atoms with E-state index in [0.29, 0.717) is 19.1 Å². The third-order valence-corrected chi connectivity index (χ3v) is 3.05. The van der Waals surface area contributed by atoms with E-state index >= 15 is 0 Å². The van der Waals surface area contributed by atoms with E-state index in [9.17, 15) is 0 Å². The lowest BCUT2D eigenvalue weighted by Gasteiger charge is -2.31. The Kier molecular flexibility index (Phi) is 3.04. The van der Waals surface area contributed by atoms with Crippen molar-refractivity contribution in [3.05, 3.63) is 17.3 Å². The molecule has 0 aromatic carbocycles. The predicted molar refractivity (Wildman–Crippen MR) is 72.6 cm³/mol. The van der Waals surface area contributed by atoms with E-state index < -0.39 is 0 Å². The Morgan fingerprint density at radius 2 is 1.56 bits per heavy atom. The SMILES string of the molecule is CC(C)(C)c1cc2c(nc1C(C)(C)C)OCCO2. The number of aromatic nitrogens is 1. The summed E-state index contributed by atoms with van der Waals surface area (Å²) in [5.41, 5.74) is 2.38. The summed E-state index contributed by atoms with van der Waals surface area (Å²) >= 11 is 0. The van der Waals surface area contributed by atoms with Crippen molar-refractivity contribution >= 4 is 0 Å². The van der Waals surface area contributed by atoms with Crippen LogP contribution < -0.4 is 9.47 Å². The fourth-order valence-corrected chi connectivity index (χ4v) is 2.12. The van der Waals surface area contributed by atoms with Gasteiger partial charge in [-0.1, -0.05) is 41.5 Å². The molecule has 0 amide bonds. The standard InChI is InChI=1S/C15H23NO2/c1-14(2,3)10-9-11-13(18-8-7-17-11)16-12(10)15(4,5)6/h9H,7-8H2,1-6H3. The first-order valence-electron chi connectivity index (χ1n) is 6.51. The maximum Gasteiger partial charge on any atom is 0.257 e. The van der Waals surface area contributed by atoms with Crippen LogP contribution in [0.15, 0.2) is 6.07 Å². The first-order valence-corrected chi connectivity index (χ1v) is 6.51. The van der Waals surface area contributed by atoms with Crippen molar-refractivity contribution in [2.24, 2.45) is 0 Å². The molecule has 18 heavy (non-hydrogen) atoms. The molecular formula is C15H23NO2. The summed E-state index contributed by atoms with van der Waals surface area (Å²) in [6.45, 7) is 14.3. The van der Waals surface area contributed by atoms with E-state index in [2.05, 4.69) is 47.6 Å². The maximum absolute atomic E-state index is 5.64. The molecule has 0 radical (unpaired) electrons. The van der Waals surface area contributed by atoms with Crippen LogP contribution in [0, 0.1) is 0 Å². The Morgan fingerprint density at radius 1 is 0.944 bits per heavy atom. The van der Waals surface area contributed by atoms with Gasteiger partial charge in [0.25, 0.3) is 5.88 Å². The van der Waals surface area contributed by atoms with E-state index in [0.717, 1.165) is 11.4 Å². The molecule has 0 fully saturated rings. The largest absolute Gasteiger partial charge is 0.484 e. The molecule has 0 saturated heterocycles. The van der Waals surface area contributed by atoms with E-state index in [4.69, 9.17) is 14.5 Å². The molecule has 1 aliphatic rings. The lowest BCUT2D eigenvalue weighted by molar-refractivity contribution is 0.162. The van der Waals surface area contributed by atoms with Gasteiger partial charge >= 0.3 is 0 Å². The number of rotatable bonds is 0. The van der Waals surface area contributed by atoms with Gasteiger partial charge in [0.2, 0.25) is 0 Å². The number of fused-ring (bicyclic) bond motifs is 1. The zero-order valence-corrected chi connectivity index (χ0v) is 12.3. The van der Waals surface area contributed by atoms with Gasteiger partial charge in [0.15, 0.2) is 5.75 Å². The summed E-state index contributed by atoms with van der Waals surface area (Å²) in [4.78, 5) is 4.70. The molecule has 1 aliphatic heterocycles. The van der Waals surface area contributed by atoms with Crippen LogP contribution in [-0.4, -0.2) is 18.2 Å². The summed E-state index contributed by atoms with van der Waals surface area (Å²) in [5.74, 6) is 1.42. The molecule has 0 atom stereocenters. The van der Waals surface area contributed by atoms with Gasteiger partial charge in [-0.05, 0) is 17.0 Å². The molecule has 0 N–H and O–H groups in total. The molecule has 3 heteroatoms. The Bertz CT molecular complexity index is 410. The molecule has 0 unspecified atom stereocenters. The average molecular weight is 249 g/mol. The molecule has 0 saturated carbocycles. The molecule has 3 nitrogen and oxygen atoms in total. The first-order chi connectivity index (χ1) is 8.19. The van der Waals surface area contributed by atoms with Crippen LogP contribution in [0.3, 0.4) is 0 Å². The van der Waals surface area contributed by atoms with Gasteiger partial charge in [-0.3, -0.25) is 0 Å². The lowest BCUT2D eigenvalue weighted by atomic mass is 9.78. The van der Waals surface area contributed by atoms with Crippen molar-refractivity contribution in [1.82, 2.24) is 4.98 Å². The Labute approximate surface area is 110 Å². The number of nitrogens with zero attached hydrogens (tertiary/aromatic N) is 1. The summed E-state index contributed by atoms with van der Waals surface area (Å²) in [6.07, 6.45) is 0. The second-order valence-electron chi connectivity index (χ2n) is 6.88. The van der Waals surface area contributed by atoms with Gasteiger partial charge in [-0.2, -0.15) is 0 Å². The van der Waals surface area contributed by atoms with Crippen molar-refractivity contribution in [3.8, 4) is 11.6 Å². The Hall–Kier alpha value is -1.25. The highest BCUT2D eigenvalue weighted by Crippen LogP contribution is 2.39. The van der Waals surface area contributed by atoms with Crippen molar-refractivity contribution in [2.75, 3.05) is 13.2 Å². The van der Waals surface area contributed by atoms with E-state index in [1.807, 2.05) is 0 Å². The number of pyridine rings is 1. The number of hydrogen-bond acceptors (Lipinski definition) is 3. The molecule has 1 aromatic heterocycles. The van der Waals surface area contributed by atoms with Crippen molar-refractivity contribution in [1.29, 1.82) is 0 Å². The molecule has 0 spiro atoms. The van der Waals surface area contributed by atoms with Gasteiger partial charge in [0.1, 0.15) is 13.2 Å². The Morgan fingerprint density at radius 3 is 2.11 bits per heavy atom. The Balaban J connectivity index is 2.63. The van der Waals surface area contributed by atoms with Crippen LogP contribution in [0.1, 0.15) is 52.8 Å². The minimum Gasteiger partial charge on any atom is -0.484 e. The van der Waals surface area contributed by atoms with Crippen LogP contribution in [0.2, 0.25) is 0 Å². The van der Waals surface area contributed by atoms with Crippen LogP contribution in [0.25, 0.3) is 0 Å². The van der Waals surface area contributed by atoms with Crippen LogP contribution >= 0.6 is 0 Å². The van der Waals surface area contributed by atoms with Gasteiger partial charge in [-0.25, -0.2) is 4.98 Å². The third kappa shape index (κ3) is 2.45. The fourth-order valence-electron chi connectivity index (χ4n) is 2.12. The van der Waals surface area contributed by atoms with E-state index in [1.165, 1.54) is 5.56 Å². The normalized spacial score (nSPS) is 15.7. The first kappa shape index (κ1) is 13.2. The highest BCUT2D eigenvalue weighted by Gasteiger charge is 2.30. The number of ether oxygens (including phenoxy) is 2. The van der Waals surface area contributed by atoms with Crippen molar-refractivity contribution < 1.29 is 9.47 Å². The minimum absolute atomic E-state index is 0.00154. The predicted octanol–water partition coefficient (Wildman–Crippen LogP) is 3.45. The minimum atomic E-state index is -0.00154. The second kappa shape index (κ2) is 4.15. The molecule has 0 bridgehead atoms. The molecule has 2 heterocycles. The number of hydrogen-bond donors (Lipinski definition) is 0. The zero-order valence-electron chi connectivity index (χ0n) is 12.3. The molecule has 2 rings (SSSR count). The quantitative estimate of drug-likeness (QED) is 0.705. The summed E-state index contributed by atoms with van der Waals surface area (Å²) < 4.78 is 11.2. The van der Waals surface area contributed by atoms with Gasteiger partial charge in [-0.15, -0.1) is 0 Å². The van der Waals surface area contributed by atoms with Gasteiger partial charge < -0.3 is 9.47 Å². The fraction of sp³-hybridized carbons (Fsp3) is 0.667. The molecule has 100 valence electrons. The molecule has 1 aromatic rings. The maximum atomic E-state index is 5.64. The topological polar surface area (TPSA) is 31.4 Å².